The summed E-state index contributed by atoms with van der Waals surface area (Å²) < 4.78 is 2.11. The number of aryl methyl sites for hydroxylation is 1. The van der Waals surface area contributed by atoms with Crippen molar-refractivity contribution in [2.45, 2.75) is 39.7 Å². The molecule has 0 fully saturated rings. The maximum Gasteiger partial charge on any atom is 0.189 e. The number of aromatic amines is 1. The van der Waals surface area contributed by atoms with Crippen LogP contribution in [-0.2, 0) is 0 Å². The molecule has 0 aliphatic heterocycles. The zero-order chi connectivity index (χ0) is 17.4. The zero-order valence-corrected chi connectivity index (χ0v) is 14.3. The van der Waals surface area contributed by atoms with Gasteiger partial charge in [-0.2, -0.15) is 5.26 Å². The summed E-state index contributed by atoms with van der Waals surface area (Å²) in [6, 6.07) is 11.8. The van der Waals surface area contributed by atoms with Crippen LogP contribution in [-0.4, -0.2) is 20.3 Å². The average molecular weight is 320 g/mol. The predicted molar refractivity (Wildman–Crippen MR) is 93.1 cm³/mol. The van der Waals surface area contributed by atoms with Gasteiger partial charge in [-0.25, -0.2) is 4.98 Å². The third-order valence-electron chi connectivity index (χ3n) is 4.34. The van der Waals surface area contributed by atoms with Crippen molar-refractivity contribution in [3.8, 4) is 6.07 Å². The Hall–Kier alpha value is -2.87. The van der Waals surface area contributed by atoms with Crippen molar-refractivity contribution in [3.05, 3.63) is 53.1 Å². The van der Waals surface area contributed by atoms with E-state index in [4.69, 9.17) is 0 Å². The molecular formula is C19H20N4O. The number of nitrogens with zero attached hydrogens (tertiary/aromatic N) is 3. The highest BCUT2D eigenvalue weighted by Gasteiger charge is 2.28. The number of para-hydroxylation sites is 2. The molecule has 1 aromatic carbocycles. The fourth-order valence-electron chi connectivity index (χ4n) is 3.33. The van der Waals surface area contributed by atoms with Crippen LogP contribution >= 0.6 is 0 Å². The van der Waals surface area contributed by atoms with Crippen molar-refractivity contribution >= 4 is 16.8 Å². The van der Waals surface area contributed by atoms with E-state index in [0.717, 1.165) is 22.4 Å². The number of nitriles is 1. The van der Waals surface area contributed by atoms with Crippen LogP contribution in [0.2, 0.25) is 0 Å². The largest absolute Gasteiger partial charge is 0.346 e. The van der Waals surface area contributed by atoms with Crippen molar-refractivity contribution in [2.24, 2.45) is 0 Å². The minimum Gasteiger partial charge on any atom is -0.346 e. The Labute approximate surface area is 140 Å². The molecule has 122 valence electrons. The van der Waals surface area contributed by atoms with Crippen molar-refractivity contribution in [3.63, 3.8) is 0 Å². The first-order valence-electron chi connectivity index (χ1n) is 8.01. The van der Waals surface area contributed by atoms with Crippen LogP contribution in [0.15, 0.2) is 30.3 Å². The van der Waals surface area contributed by atoms with Gasteiger partial charge in [0.1, 0.15) is 5.82 Å². The third-order valence-corrected chi connectivity index (χ3v) is 4.34. The number of hydrogen-bond donors (Lipinski definition) is 1. The van der Waals surface area contributed by atoms with Crippen LogP contribution in [0.25, 0.3) is 11.0 Å². The SMILES string of the molecule is Cc1cc(C(=O)[C@H](C#N)c2nc3ccccc3[nH]2)c(C)n1C(C)C. The number of Topliss-reactive ketones (excluding diaryl/α,β-unsaturated/α-hetero) is 1. The highest BCUT2D eigenvalue weighted by Crippen LogP contribution is 2.26. The number of carbonyl (C=O) groups excluding carboxylic acids is 1. The summed E-state index contributed by atoms with van der Waals surface area (Å²) in [5.41, 5.74) is 4.09. The van der Waals surface area contributed by atoms with Crippen LogP contribution in [0.5, 0.6) is 0 Å². The lowest BCUT2D eigenvalue weighted by molar-refractivity contribution is 0.0976. The summed E-state index contributed by atoms with van der Waals surface area (Å²) in [5, 5.41) is 9.57. The number of carbonyl (C=O) groups is 1. The van der Waals surface area contributed by atoms with Gasteiger partial charge < -0.3 is 9.55 Å². The number of H-pyrrole nitrogens is 1. The van der Waals surface area contributed by atoms with Crippen LogP contribution in [0, 0.1) is 25.2 Å². The van der Waals surface area contributed by atoms with Gasteiger partial charge in [0.15, 0.2) is 11.7 Å². The summed E-state index contributed by atoms with van der Waals surface area (Å²) in [7, 11) is 0. The van der Waals surface area contributed by atoms with Crippen LogP contribution < -0.4 is 0 Å². The smallest absolute Gasteiger partial charge is 0.189 e. The van der Waals surface area contributed by atoms with Gasteiger partial charge in [0.25, 0.3) is 0 Å². The van der Waals surface area contributed by atoms with E-state index in [9.17, 15) is 10.1 Å². The van der Waals surface area contributed by atoms with E-state index in [1.165, 1.54) is 0 Å². The van der Waals surface area contributed by atoms with Crippen molar-refractivity contribution in [1.29, 1.82) is 5.26 Å². The molecule has 0 amide bonds. The second-order valence-corrected chi connectivity index (χ2v) is 6.31. The monoisotopic (exact) mass is 320 g/mol. The summed E-state index contributed by atoms with van der Waals surface area (Å²) in [6.45, 7) is 8.06. The lowest BCUT2D eigenvalue weighted by Crippen LogP contribution is -2.14. The van der Waals surface area contributed by atoms with Gasteiger partial charge in [0.2, 0.25) is 0 Å². The Morgan fingerprint density at radius 1 is 1.29 bits per heavy atom. The molecule has 1 atom stereocenters. The number of fused-ring (bicyclic) bond motifs is 1. The zero-order valence-electron chi connectivity index (χ0n) is 14.3. The normalized spacial score (nSPS) is 12.5. The van der Waals surface area contributed by atoms with Crippen molar-refractivity contribution < 1.29 is 4.79 Å². The number of imidazole rings is 1. The van der Waals surface area contributed by atoms with Gasteiger partial charge in [-0.3, -0.25) is 4.79 Å². The number of nitrogens with one attached hydrogen (secondary N) is 1. The van der Waals surface area contributed by atoms with E-state index in [-0.39, 0.29) is 11.8 Å². The summed E-state index contributed by atoms with van der Waals surface area (Å²) in [5.74, 6) is -0.742. The molecule has 0 aliphatic carbocycles. The first-order chi connectivity index (χ1) is 11.4. The molecule has 2 heterocycles. The average Bonchev–Trinajstić information content (AvgIpc) is 3.08. The van der Waals surface area contributed by atoms with Gasteiger partial charge in [0, 0.05) is 23.0 Å². The predicted octanol–water partition coefficient (Wildman–Crippen LogP) is 4.05. The molecule has 24 heavy (non-hydrogen) atoms. The second kappa shape index (κ2) is 5.97. The Bertz CT molecular complexity index is 923. The maximum atomic E-state index is 13.0. The molecule has 2 aromatic heterocycles. The van der Waals surface area contributed by atoms with E-state index in [1.807, 2.05) is 44.2 Å². The lowest BCUT2D eigenvalue weighted by Gasteiger charge is -2.14. The maximum absolute atomic E-state index is 13.0. The number of aromatic nitrogens is 3. The molecule has 3 aromatic rings. The van der Waals surface area contributed by atoms with Gasteiger partial charge in [-0.1, -0.05) is 12.1 Å². The second-order valence-electron chi connectivity index (χ2n) is 6.31. The number of hydrogen-bond acceptors (Lipinski definition) is 3. The molecular weight excluding hydrogens is 300 g/mol. The fourth-order valence-corrected chi connectivity index (χ4v) is 3.33. The number of benzene rings is 1. The minimum absolute atomic E-state index is 0.212. The van der Waals surface area contributed by atoms with Gasteiger partial charge in [0.05, 0.1) is 17.1 Å². The van der Waals surface area contributed by atoms with Gasteiger partial charge in [-0.15, -0.1) is 0 Å². The van der Waals surface area contributed by atoms with Crippen LogP contribution in [0.1, 0.15) is 53.4 Å². The van der Waals surface area contributed by atoms with Crippen molar-refractivity contribution in [1.82, 2.24) is 14.5 Å². The van der Waals surface area contributed by atoms with Crippen molar-refractivity contribution in [2.75, 3.05) is 0 Å². The molecule has 0 saturated heterocycles. The van der Waals surface area contributed by atoms with Gasteiger partial charge in [-0.05, 0) is 45.9 Å². The molecule has 1 N–H and O–H groups in total. The van der Waals surface area contributed by atoms with E-state index < -0.39 is 5.92 Å². The van der Waals surface area contributed by atoms with E-state index in [1.54, 1.807) is 0 Å². The molecule has 0 spiro atoms. The standard InChI is InChI=1S/C19H20N4O/c1-11(2)23-12(3)9-14(13(23)4)18(24)15(10-20)19-21-16-7-5-6-8-17(16)22-19/h5-9,11,15H,1-4H3,(H,21,22)/t15-/m0/s1. The van der Waals surface area contributed by atoms with Gasteiger partial charge >= 0.3 is 0 Å². The highest BCUT2D eigenvalue weighted by atomic mass is 16.1. The molecule has 0 aliphatic rings. The van der Waals surface area contributed by atoms with Crippen LogP contribution in [0.3, 0.4) is 0 Å². The van der Waals surface area contributed by atoms with E-state index in [0.29, 0.717) is 11.4 Å². The fraction of sp³-hybridized carbons (Fsp3) is 0.316. The lowest BCUT2D eigenvalue weighted by atomic mass is 9.98. The highest BCUT2D eigenvalue weighted by molar-refractivity contribution is 6.03. The van der Waals surface area contributed by atoms with E-state index in [2.05, 4.69) is 34.5 Å². The molecule has 3 rings (SSSR count). The summed E-state index contributed by atoms with van der Waals surface area (Å²) in [6.07, 6.45) is 0. The van der Waals surface area contributed by atoms with Crippen LogP contribution in [0.4, 0.5) is 0 Å². The molecule has 5 nitrogen and oxygen atoms in total. The summed E-state index contributed by atoms with van der Waals surface area (Å²) in [4.78, 5) is 20.5. The first-order valence-corrected chi connectivity index (χ1v) is 8.01. The number of ketones is 1. The topological polar surface area (TPSA) is 74.5 Å². The molecule has 5 heteroatoms. The quantitative estimate of drug-likeness (QED) is 0.737. The molecule has 0 saturated carbocycles. The summed E-state index contributed by atoms with van der Waals surface area (Å²) >= 11 is 0. The third kappa shape index (κ3) is 2.50. The Kier molecular flexibility index (Phi) is 3.98. The Morgan fingerprint density at radius 2 is 2.00 bits per heavy atom. The van der Waals surface area contributed by atoms with E-state index >= 15 is 0 Å². The Balaban J connectivity index is 2.04. The minimum atomic E-state index is -0.932. The Morgan fingerprint density at radius 3 is 2.58 bits per heavy atom. The molecule has 0 unspecified atom stereocenters. The molecule has 0 bridgehead atoms. The number of rotatable bonds is 4. The molecule has 0 radical (unpaired) electrons. The first kappa shape index (κ1) is 16.0.